The number of aromatic nitrogens is 5. The van der Waals surface area contributed by atoms with Crippen LogP contribution in [0.4, 0.5) is 17.3 Å². The van der Waals surface area contributed by atoms with Gasteiger partial charge in [-0.3, -0.25) is 4.79 Å². The molecular weight excluding hydrogens is 500 g/mol. The number of anilines is 3. The van der Waals surface area contributed by atoms with Gasteiger partial charge in [0.1, 0.15) is 5.39 Å². The molecule has 0 unspecified atom stereocenters. The average Bonchev–Trinajstić information content (AvgIpc) is 3.52. The highest BCUT2D eigenvalue weighted by atomic mass is 16.1. The predicted octanol–water partition coefficient (Wildman–Crippen LogP) is 5.12. The highest BCUT2D eigenvalue weighted by Crippen LogP contribution is 2.34. The van der Waals surface area contributed by atoms with Gasteiger partial charge < -0.3 is 15.1 Å². The van der Waals surface area contributed by atoms with E-state index in [0.29, 0.717) is 35.3 Å². The number of fused-ring (bicyclic) bond motifs is 2. The second kappa shape index (κ2) is 12.0. The van der Waals surface area contributed by atoms with Gasteiger partial charge in [0, 0.05) is 55.4 Å². The lowest BCUT2D eigenvalue weighted by molar-refractivity contribution is 0.313. The van der Waals surface area contributed by atoms with Crippen LogP contribution in [0.2, 0.25) is 0 Å². The quantitative estimate of drug-likeness (QED) is 0.326. The summed E-state index contributed by atoms with van der Waals surface area (Å²) in [7, 11) is 2.16. The standard InChI is InChI=1S/C29H34N8O.C2H6/c1-4-14-36-28(38)24-19-30-29(31-22-9-11-23(12-10-22)35-17-15-34(3)16-18-35)33-27(24)37(36)25-13-8-21-7-6-20(5-2)26(21)32-25;1-2/h4,8-13,19-20H,1,5-7,14-18H2,2-3H3,(H,30,31,33);1-2H3/t20-;/m0./s1. The minimum absolute atomic E-state index is 0.155. The third-order valence-corrected chi connectivity index (χ3v) is 7.83. The highest BCUT2D eigenvalue weighted by Gasteiger charge is 2.25. The molecule has 0 amide bonds. The van der Waals surface area contributed by atoms with E-state index >= 15 is 0 Å². The van der Waals surface area contributed by atoms with E-state index in [0.717, 1.165) is 56.8 Å². The maximum atomic E-state index is 13.3. The van der Waals surface area contributed by atoms with Crippen LogP contribution in [0.3, 0.4) is 0 Å². The number of hydrogen-bond donors (Lipinski definition) is 1. The highest BCUT2D eigenvalue weighted by molar-refractivity contribution is 5.77. The van der Waals surface area contributed by atoms with Gasteiger partial charge in [-0.15, -0.1) is 6.58 Å². The molecule has 1 saturated heterocycles. The first-order valence-corrected chi connectivity index (χ1v) is 14.5. The summed E-state index contributed by atoms with van der Waals surface area (Å²) in [5, 5.41) is 3.77. The summed E-state index contributed by atoms with van der Waals surface area (Å²) < 4.78 is 3.44. The van der Waals surface area contributed by atoms with Crippen molar-refractivity contribution in [1.82, 2.24) is 29.2 Å². The Balaban J connectivity index is 0.00000158. The van der Waals surface area contributed by atoms with Crippen LogP contribution in [0.1, 0.15) is 50.8 Å². The molecule has 0 bridgehead atoms. The number of nitrogens with zero attached hydrogens (tertiary/aromatic N) is 7. The Labute approximate surface area is 236 Å². The van der Waals surface area contributed by atoms with Crippen LogP contribution in [0, 0.1) is 0 Å². The molecule has 9 heteroatoms. The van der Waals surface area contributed by atoms with Gasteiger partial charge in [0.15, 0.2) is 11.5 Å². The summed E-state index contributed by atoms with van der Waals surface area (Å²) in [5.41, 5.74) is 4.91. The number of aryl methyl sites for hydroxylation is 1. The molecule has 9 nitrogen and oxygen atoms in total. The van der Waals surface area contributed by atoms with Crippen molar-refractivity contribution in [1.29, 1.82) is 0 Å². The van der Waals surface area contributed by atoms with E-state index in [1.807, 2.05) is 36.7 Å². The van der Waals surface area contributed by atoms with Crippen molar-refractivity contribution in [3.8, 4) is 5.82 Å². The zero-order valence-electron chi connectivity index (χ0n) is 24.1. The van der Waals surface area contributed by atoms with E-state index in [9.17, 15) is 4.79 Å². The second-order valence-corrected chi connectivity index (χ2v) is 10.2. The molecular formula is C31H40N8O. The molecule has 1 fully saturated rings. The van der Waals surface area contributed by atoms with Crippen molar-refractivity contribution in [3.63, 3.8) is 0 Å². The van der Waals surface area contributed by atoms with E-state index < -0.39 is 0 Å². The van der Waals surface area contributed by atoms with Gasteiger partial charge in [-0.05, 0) is 62.2 Å². The van der Waals surface area contributed by atoms with Crippen LogP contribution in [0.25, 0.3) is 16.9 Å². The summed E-state index contributed by atoms with van der Waals surface area (Å²) in [6.45, 7) is 14.6. The van der Waals surface area contributed by atoms with Crippen molar-refractivity contribution in [2.45, 2.75) is 52.5 Å². The molecule has 0 radical (unpaired) electrons. The Morgan fingerprint density at radius 2 is 1.80 bits per heavy atom. The number of likely N-dealkylation sites (N-methyl/N-ethyl adjacent to an activating group) is 1. The number of allylic oxidation sites excluding steroid dienone is 1. The summed E-state index contributed by atoms with van der Waals surface area (Å²) in [6, 6.07) is 12.5. The fourth-order valence-electron chi connectivity index (χ4n) is 5.60. The van der Waals surface area contributed by atoms with E-state index in [2.05, 4.69) is 58.9 Å². The molecule has 0 saturated carbocycles. The van der Waals surface area contributed by atoms with Crippen molar-refractivity contribution >= 4 is 28.4 Å². The van der Waals surface area contributed by atoms with E-state index in [1.54, 1.807) is 17.0 Å². The first-order valence-electron chi connectivity index (χ1n) is 14.5. The minimum Gasteiger partial charge on any atom is -0.369 e. The lowest BCUT2D eigenvalue weighted by Crippen LogP contribution is -2.44. The molecule has 3 aromatic heterocycles. The maximum Gasteiger partial charge on any atom is 0.278 e. The zero-order chi connectivity index (χ0) is 28.2. The Kier molecular flexibility index (Phi) is 8.30. The van der Waals surface area contributed by atoms with Crippen LogP contribution in [-0.2, 0) is 13.0 Å². The Hall–Kier alpha value is -3.98. The first-order chi connectivity index (χ1) is 19.6. The van der Waals surface area contributed by atoms with Gasteiger partial charge >= 0.3 is 0 Å². The predicted molar refractivity (Wildman–Crippen MR) is 163 cm³/mol. The van der Waals surface area contributed by atoms with Crippen LogP contribution >= 0.6 is 0 Å². The number of nitrogens with one attached hydrogen (secondary N) is 1. The molecule has 40 heavy (non-hydrogen) atoms. The van der Waals surface area contributed by atoms with Crippen molar-refractivity contribution in [3.05, 3.63) is 76.9 Å². The van der Waals surface area contributed by atoms with Crippen molar-refractivity contribution < 1.29 is 0 Å². The fourth-order valence-corrected chi connectivity index (χ4v) is 5.60. The van der Waals surface area contributed by atoms with Crippen LogP contribution in [0.5, 0.6) is 0 Å². The zero-order valence-corrected chi connectivity index (χ0v) is 24.1. The number of pyridine rings is 1. The lowest BCUT2D eigenvalue weighted by Gasteiger charge is -2.34. The molecule has 0 spiro atoms. The van der Waals surface area contributed by atoms with Gasteiger partial charge in [0.2, 0.25) is 5.95 Å². The van der Waals surface area contributed by atoms with E-state index in [1.165, 1.54) is 11.3 Å². The van der Waals surface area contributed by atoms with Crippen LogP contribution < -0.4 is 15.8 Å². The molecule has 210 valence electrons. The molecule has 1 aromatic carbocycles. The fraction of sp³-hybridized carbons (Fsp3) is 0.419. The molecule has 4 heterocycles. The minimum atomic E-state index is -0.155. The number of benzene rings is 1. The molecule has 1 atom stereocenters. The van der Waals surface area contributed by atoms with E-state index in [4.69, 9.17) is 9.97 Å². The smallest absolute Gasteiger partial charge is 0.278 e. The summed E-state index contributed by atoms with van der Waals surface area (Å²) >= 11 is 0. The van der Waals surface area contributed by atoms with Gasteiger partial charge in [-0.2, -0.15) is 4.98 Å². The number of piperazine rings is 1. The summed E-state index contributed by atoms with van der Waals surface area (Å²) in [5.74, 6) is 1.58. The summed E-state index contributed by atoms with van der Waals surface area (Å²) in [4.78, 5) is 32.3. The SMILES string of the molecule is C=CCn1c(=O)c2cnc(Nc3ccc(N4CCN(C)CC4)cc3)nc2n1-c1ccc2c(n1)[C@@H](CC)CC2.CC. The average molecular weight is 541 g/mol. The largest absolute Gasteiger partial charge is 0.369 e. The van der Waals surface area contributed by atoms with Crippen molar-refractivity contribution in [2.75, 3.05) is 43.4 Å². The monoisotopic (exact) mass is 540 g/mol. The molecule has 1 N–H and O–H groups in total. The first kappa shape index (κ1) is 27.6. The Morgan fingerprint density at radius 1 is 1.05 bits per heavy atom. The topological polar surface area (TPSA) is 84.1 Å². The van der Waals surface area contributed by atoms with Gasteiger partial charge in [-0.1, -0.05) is 32.9 Å². The molecule has 6 rings (SSSR count). The summed E-state index contributed by atoms with van der Waals surface area (Å²) in [6.07, 6.45) is 6.55. The maximum absolute atomic E-state index is 13.3. The van der Waals surface area contributed by atoms with Gasteiger partial charge in [-0.25, -0.2) is 19.3 Å². The van der Waals surface area contributed by atoms with Crippen LogP contribution in [0.15, 0.2) is 60.0 Å². The van der Waals surface area contributed by atoms with Crippen molar-refractivity contribution in [2.24, 2.45) is 0 Å². The number of rotatable bonds is 7. The Bertz CT molecular complexity index is 1530. The van der Waals surface area contributed by atoms with E-state index in [-0.39, 0.29) is 5.56 Å². The molecule has 1 aliphatic carbocycles. The molecule has 4 aromatic rings. The Morgan fingerprint density at radius 3 is 2.50 bits per heavy atom. The normalized spacial score (nSPS) is 16.9. The molecule has 2 aliphatic rings. The number of hydrogen-bond acceptors (Lipinski definition) is 7. The second-order valence-electron chi connectivity index (χ2n) is 10.2. The molecule has 1 aliphatic heterocycles. The lowest BCUT2D eigenvalue weighted by atomic mass is 10.0. The van der Waals surface area contributed by atoms with Crippen LogP contribution in [-0.4, -0.2) is 62.4 Å². The van der Waals surface area contributed by atoms with Gasteiger partial charge in [0.25, 0.3) is 5.56 Å². The third kappa shape index (κ3) is 5.25. The third-order valence-electron chi connectivity index (χ3n) is 7.83. The van der Waals surface area contributed by atoms with Gasteiger partial charge in [0.05, 0.1) is 6.54 Å².